The van der Waals surface area contributed by atoms with E-state index in [1.165, 1.54) is 0 Å². The fourth-order valence-corrected chi connectivity index (χ4v) is 1.97. The van der Waals surface area contributed by atoms with Crippen LogP contribution in [0.25, 0.3) is 0 Å². The van der Waals surface area contributed by atoms with Gasteiger partial charge in [0.05, 0.1) is 25.9 Å². The van der Waals surface area contributed by atoms with E-state index in [9.17, 15) is 0 Å². The number of halogens is 1. The summed E-state index contributed by atoms with van der Waals surface area (Å²) in [4.78, 5) is 0. The van der Waals surface area contributed by atoms with Crippen LogP contribution in [0.15, 0.2) is 0 Å². The van der Waals surface area contributed by atoms with E-state index < -0.39 is 0 Å². The van der Waals surface area contributed by atoms with Crippen molar-refractivity contribution in [1.29, 1.82) is 0 Å². The van der Waals surface area contributed by atoms with Crippen molar-refractivity contribution in [1.82, 2.24) is 0 Å². The Morgan fingerprint density at radius 1 is 1.33 bits per heavy atom. The Bertz CT molecular complexity index is 119. The van der Waals surface area contributed by atoms with Crippen LogP contribution in [0, 0.1) is 5.92 Å². The number of aliphatic hydroxyl groups excluding tert-OH is 2. The molecule has 0 aromatic heterocycles. The average Bonchev–Trinajstić information content (AvgIpc) is 2.10. The van der Waals surface area contributed by atoms with Crippen LogP contribution in [0.2, 0.25) is 0 Å². The molecule has 3 nitrogen and oxygen atoms in total. The van der Waals surface area contributed by atoms with Crippen molar-refractivity contribution in [2.75, 3.05) is 19.8 Å². The fraction of sp³-hybridized carbons (Fsp3) is 1.00. The van der Waals surface area contributed by atoms with Crippen LogP contribution >= 0.6 is 22.6 Å². The van der Waals surface area contributed by atoms with Gasteiger partial charge in [0.1, 0.15) is 0 Å². The normalized spacial score (nSPS) is 31.0. The highest BCUT2D eigenvalue weighted by atomic mass is 127. The number of alkyl halides is 1. The third-order valence-electron chi connectivity index (χ3n) is 2.25. The van der Waals surface area contributed by atoms with Crippen LogP contribution in [0.3, 0.4) is 0 Å². The SMILES string of the molecule is OCC(CO)C1CCC(I)CO1. The summed E-state index contributed by atoms with van der Waals surface area (Å²) in [5.74, 6) is -0.0890. The number of hydrogen-bond donors (Lipinski definition) is 2. The van der Waals surface area contributed by atoms with Gasteiger partial charge in [-0.15, -0.1) is 0 Å². The Balaban J connectivity index is 2.32. The Hall–Kier alpha value is 0.610. The molecule has 1 saturated heterocycles. The first-order valence-electron chi connectivity index (χ1n) is 4.25. The highest BCUT2D eigenvalue weighted by molar-refractivity contribution is 14.1. The molecule has 12 heavy (non-hydrogen) atoms. The first kappa shape index (κ1) is 10.7. The molecular formula is C8H15IO3. The molecule has 0 saturated carbocycles. The molecule has 0 radical (unpaired) electrons. The van der Waals surface area contributed by atoms with E-state index >= 15 is 0 Å². The minimum Gasteiger partial charge on any atom is -0.396 e. The predicted octanol–water partition coefficient (Wildman–Crippen LogP) is 0.570. The van der Waals surface area contributed by atoms with E-state index in [2.05, 4.69) is 22.6 Å². The van der Waals surface area contributed by atoms with Crippen LogP contribution in [-0.4, -0.2) is 40.1 Å². The van der Waals surface area contributed by atoms with Crippen LogP contribution in [0.5, 0.6) is 0 Å². The summed E-state index contributed by atoms with van der Waals surface area (Å²) < 4.78 is 6.10. The molecule has 2 N–H and O–H groups in total. The molecule has 2 atom stereocenters. The summed E-state index contributed by atoms with van der Waals surface area (Å²) in [6, 6.07) is 0. The van der Waals surface area contributed by atoms with Crippen molar-refractivity contribution in [3.05, 3.63) is 0 Å². The third kappa shape index (κ3) is 2.83. The van der Waals surface area contributed by atoms with Gasteiger partial charge in [-0.1, -0.05) is 22.6 Å². The standard InChI is InChI=1S/C8H15IO3/c9-7-1-2-8(12-5-7)6(3-10)4-11/h6-8,10-11H,1-5H2. The zero-order valence-corrected chi connectivity index (χ0v) is 9.11. The highest BCUT2D eigenvalue weighted by Crippen LogP contribution is 2.23. The van der Waals surface area contributed by atoms with E-state index in [-0.39, 0.29) is 25.2 Å². The van der Waals surface area contributed by atoms with E-state index in [4.69, 9.17) is 14.9 Å². The highest BCUT2D eigenvalue weighted by Gasteiger charge is 2.26. The summed E-state index contributed by atoms with van der Waals surface area (Å²) in [7, 11) is 0. The number of ether oxygens (including phenoxy) is 1. The van der Waals surface area contributed by atoms with Gasteiger partial charge in [0.25, 0.3) is 0 Å². The molecule has 0 aromatic carbocycles. The Morgan fingerprint density at radius 2 is 2.00 bits per heavy atom. The molecule has 1 aliphatic heterocycles. The first-order valence-corrected chi connectivity index (χ1v) is 5.50. The third-order valence-corrected chi connectivity index (χ3v) is 3.23. The second-order valence-corrected chi connectivity index (χ2v) is 4.93. The lowest BCUT2D eigenvalue weighted by atomic mass is 9.97. The van der Waals surface area contributed by atoms with Crippen LogP contribution < -0.4 is 0 Å². The lowest BCUT2D eigenvalue weighted by molar-refractivity contribution is -0.0465. The van der Waals surface area contributed by atoms with Crippen LogP contribution in [-0.2, 0) is 4.74 Å². The van der Waals surface area contributed by atoms with Gasteiger partial charge in [-0.3, -0.25) is 0 Å². The summed E-state index contributed by atoms with van der Waals surface area (Å²) in [6.07, 6.45) is 2.15. The lowest BCUT2D eigenvalue weighted by Gasteiger charge is -2.30. The predicted molar refractivity (Wildman–Crippen MR) is 54.4 cm³/mol. The topological polar surface area (TPSA) is 49.7 Å². The van der Waals surface area contributed by atoms with Crippen molar-refractivity contribution < 1.29 is 14.9 Å². The Morgan fingerprint density at radius 3 is 2.42 bits per heavy atom. The summed E-state index contributed by atoms with van der Waals surface area (Å²) in [5, 5.41) is 17.8. The molecular weight excluding hydrogens is 271 g/mol. The van der Waals surface area contributed by atoms with E-state index in [0.29, 0.717) is 3.92 Å². The Labute approximate surface area is 86.3 Å². The van der Waals surface area contributed by atoms with Gasteiger partial charge in [0.2, 0.25) is 0 Å². The van der Waals surface area contributed by atoms with Crippen molar-refractivity contribution in [2.24, 2.45) is 5.92 Å². The van der Waals surface area contributed by atoms with Crippen LogP contribution in [0.4, 0.5) is 0 Å². The quantitative estimate of drug-likeness (QED) is 0.589. The molecule has 1 rings (SSSR count). The molecule has 4 heteroatoms. The number of aliphatic hydroxyl groups is 2. The van der Waals surface area contributed by atoms with Gasteiger partial charge in [-0.05, 0) is 12.8 Å². The second kappa shape index (κ2) is 5.36. The van der Waals surface area contributed by atoms with Gasteiger partial charge < -0.3 is 14.9 Å². The maximum absolute atomic E-state index is 8.90. The number of hydrogen-bond acceptors (Lipinski definition) is 3. The Kier molecular flexibility index (Phi) is 4.78. The zero-order chi connectivity index (χ0) is 8.97. The molecule has 0 spiro atoms. The van der Waals surface area contributed by atoms with Crippen molar-refractivity contribution in [3.8, 4) is 0 Å². The average molecular weight is 286 g/mol. The van der Waals surface area contributed by atoms with E-state index in [1.807, 2.05) is 0 Å². The van der Waals surface area contributed by atoms with Crippen molar-refractivity contribution in [2.45, 2.75) is 22.9 Å². The summed E-state index contributed by atoms with van der Waals surface area (Å²) in [6.45, 7) is 0.794. The monoisotopic (exact) mass is 286 g/mol. The first-order chi connectivity index (χ1) is 5.77. The molecule has 0 aromatic rings. The molecule has 0 amide bonds. The molecule has 1 heterocycles. The fourth-order valence-electron chi connectivity index (χ4n) is 1.40. The molecule has 72 valence electrons. The minimum absolute atomic E-state index is 0.0209. The maximum atomic E-state index is 8.90. The van der Waals surface area contributed by atoms with Crippen LogP contribution in [0.1, 0.15) is 12.8 Å². The minimum atomic E-state index is -0.0890. The van der Waals surface area contributed by atoms with Crippen molar-refractivity contribution >= 4 is 22.6 Å². The van der Waals surface area contributed by atoms with Gasteiger partial charge in [-0.25, -0.2) is 0 Å². The van der Waals surface area contributed by atoms with E-state index in [1.54, 1.807) is 0 Å². The molecule has 1 aliphatic rings. The smallest absolute Gasteiger partial charge is 0.0648 e. The van der Waals surface area contributed by atoms with Gasteiger partial charge >= 0.3 is 0 Å². The lowest BCUT2D eigenvalue weighted by Crippen LogP contribution is -2.35. The molecule has 1 fully saturated rings. The summed E-state index contributed by atoms with van der Waals surface area (Å²) >= 11 is 2.36. The molecule has 0 bridgehead atoms. The second-order valence-electron chi connectivity index (χ2n) is 3.17. The van der Waals surface area contributed by atoms with Gasteiger partial charge in [-0.2, -0.15) is 0 Å². The summed E-state index contributed by atoms with van der Waals surface area (Å²) in [5.41, 5.74) is 0. The molecule has 2 unspecified atom stereocenters. The maximum Gasteiger partial charge on any atom is 0.0648 e. The molecule has 0 aliphatic carbocycles. The number of rotatable bonds is 3. The van der Waals surface area contributed by atoms with E-state index in [0.717, 1.165) is 19.4 Å². The van der Waals surface area contributed by atoms with Gasteiger partial charge in [0.15, 0.2) is 0 Å². The van der Waals surface area contributed by atoms with Gasteiger partial charge in [0, 0.05) is 9.84 Å². The zero-order valence-electron chi connectivity index (χ0n) is 6.95. The largest absolute Gasteiger partial charge is 0.396 e. The van der Waals surface area contributed by atoms with Crippen molar-refractivity contribution in [3.63, 3.8) is 0 Å².